The maximum Gasteiger partial charge on any atom is 0.231 e. The zero-order chi connectivity index (χ0) is 18.5. The van der Waals surface area contributed by atoms with Crippen LogP contribution in [0.1, 0.15) is 6.42 Å². The van der Waals surface area contributed by atoms with Crippen LogP contribution in [-0.2, 0) is 9.59 Å². The van der Waals surface area contributed by atoms with Crippen LogP contribution in [0.25, 0.3) is 0 Å². The first-order chi connectivity index (χ1) is 12.6. The molecule has 136 valence electrons. The Hall–Kier alpha value is -2.39. The summed E-state index contributed by atoms with van der Waals surface area (Å²) in [5.74, 6) is 0.663. The summed E-state index contributed by atoms with van der Waals surface area (Å²) >= 11 is 2.81. The number of carbonyl (C=O) groups excluding carboxylic acids is 2. The van der Waals surface area contributed by atoms with Crippen LogP contribution in [0.15, 0.2) is 41.3 Å². The second-order valence-corrected chi connectivity index (χ2v) is 7.81. The highest BCUT2D eigenvalue weighted by Gasteiger charge is 2.35. The van der Waals surface area contributed by atoms with Gasteiger partial charge in [-0.1, -0.05) is 35.2 Å². The predicted molar refractivity (Wildman–Crippen MR) is 103 cm³/mol. The third kappa shape index (κ3) is 4.23. The molecule has 1 atom stereocenters. The minimum atomic E-state index is -0.429. The molecule has 1 saturated heterocycles. The van der Waals surface area contributed by atoms with Gasteiger partial charge in [0.1, 0.15) is 5.75 Å². The van der Waals surface area contributed by atoms with Gasteiger partial charge in [0.05, 0.1) is 13.0 Å². The molecule has 2 heterocycles. The summed E-state index contributed by atoms with van der Waals surface area (Å²) in [6, 6.07) is 7.24. The largest absolute Gasteiger partial charge is 0.497 e. The van der Waals surface area contributed by atoms with E-state index in [0.717, 1.165) is 15.8 Å². The fourth-order valence-corrected chi connectivity index (χ4v) is 4.08. The van der Waals surface area contributed by atoms with Crippen molar-refractivity contribution in [3.05, 3.63) is 36.9 Å². The highest BCUT2D eigenvalue weighted by molar-refractivity contribution is 8.01. The Balaban J connectivity index is 1.63. The van der Waals surface area contributed by atoms with Crippen LogP contribution in [0.5, 0.6) is 5.75 Å². The molecular weight excluding hydrogens is 372 g/mol. The van der Waals surface area contributed by atoms with E-state index in [0.29, 0.717) is 17.4 Å². The lowest BCUT2D eigenvalue weighted by Gasteiger charge is -2.17. The summed E-state index contributed by atoms with van der Waals surface area (Å²) in [6.45, 7) is 3.98. The number of rotatable bonds is 7. The molecule has 1 aliphatic rings. The number of nitrogens with zero attached hydrogens (tertiary/aromatic N) is 3. The summed E-state index contributed by atoms with van der Waals surface area (Å²) in [5, 5.41) is 11.2. The summed E-state index contributed by atoms with van der Waals surface area (Å²) in [5.41, 5.74) is 0.726. The Labute approximate surface area is 159 Å². The SMILES string of the molecule is C=CCSc1nnc(NC(=O)[C@H]2CC(=O)N(c3cccc(OC)c3)C2)s1. The van der Waals surface area contributed by atoms with Crippen LogP contribution < -0.4 is 15.0 Å². The molecule has 0 radical (unpaired) electrons. The lowest BCUT2D eigenvalue weighted by atomic mass is 10.1. The number of hydrogen-bond donors (Lipinski definition) is 1. The van der Waals surface area contributed by atoms with Crippen molar-refractivity contribution >= 4 is 45.7 Å². The number of ether oxygens (including phenoxy) is 1. The zero-order valence-corrected chi connectivity index (χ0v) is 15.8. The normalized spacial score (nSPS) is 16.6. The van der Waals surface area contributed by atoms with Crippen molar-refractivity contribution in [2.24, 2.45) is 5.92 Å². The minimum absolute atomic E-state index is 0.0853. The first-order valence-corrected chi connectivity index (χ1v) is 9.73. The number of amides is 2. The molecule has 9 heteroatoms. The molecule has 1 fully saturated rings. The topological polar surface area (TPSA) is 84.4 Å². The molecule has 2 aromatic rings. The van der Waals surface area contributed by atoms with Crippen molar-refractivity contribution in [3.8, 4) is 5.75 Å². The number of anilines is 2. The van der Waals surface area contributed by atoms with Crippen molar-refractivity contribution in [3.63, 3.8) is 0 Å². The average Bonchev–Trinajstić information content (AvgIpc) is 3.26. The summed E-state index contributed by atoms with van der Waals surface area (Å²) in [4.78, 5) is 26.4. The van der Waals surface area contributed by atoms with Gasteiger partial charge in [0, 0.05) is 30.5 Å². The molecule has 1 aliphatic heterocycles. The number of carbonyl (C=O) groups is 2. The maximum atomic E-state index is 12.5. The quantitative estimate of drug-likeness (QED) is 0.445. The van der Waals surface area contributed by atoms with Crippen molar-refractivity contribution in [2.45, 2.75) is 10.8 Å². The molecule has 0 aliphatic carbocycles. The van der Waals surface area contributed by atoms with Crippen LogP contribution in [0.3, 0.4) is 0 Å². The predicted octanol–water partition coefficient (Wildman–Crippen LogP) is 2.82. The maximum absolute atomic E-state index is 12.5. The molecule has 0 bridgehead atoms. The monoisotopic (exact) mass is 390 g/mol. The molecular formula is C17H18N4O3S2. The Kier molecular flexibility index (Phi) is 5.89. The number of aromatic nitrogens is 2. The summed E-state index contributed by atoms with van der Waals surface area (Å²) < 4.78 is 5.96. The van der Waals surface area contributed by atoms with Crippen molar-refractivity contribution in [2.75, 3.05) is 29.6 Å². The number of benzene rings is 1. The number of hydrogen-bond acceptors (Lipinski definition) is 7. The van der Waals surface area contributed by atoms with Gasteiger partial charge in [-0.05, 0) is 12.1 Å². The van der Waals surface area contributed by atoms with E-state index < -0.39 is 5.92 Å². The highest BCUT2D eigenvalue weighted by atomic mass is 32.2. The Morgan fingerprint density at radius 2 is 2.38 bits per heavy atom. The molecule has 0 unspecified atom stereocenters. The molecule has 1 aromatic heterocycles. The highest BCUT2D eigenvalue weighted by Crippen LogP contribution is 2.30. The van der Waals surface area contributed by atoms with Crippen LogP contribution in [0, 0.1) is 5.92 Å². The molecule has 1 aromatic carbocycles. The Morgan fingerprint density at radius 1 is 1.54 bits per heavy atom. The second kappa shape index (κ2) is 8.33. The van der Waals surface area contributed by atoms with Gasteiger partial charge in [0.2, 0.25) is 16.9 Å². The van der Waals surface area contributed by atoms with Crippen LogP contribution in [-0.4, -0.2) is 41.4 Å². The number of nitrogens with one attached hydrogen (secondary N) is 1. The van der Waals surface area contributed by atoms with E-state index in [2.05, 4.69) is 22.1 Å². The van der Waals surface area contributed by atoms with Crippen molar-refractivity contribution < 1.29 is 14.3 Å². The molecule has 7 nitrogen and oxygen atoms in total. The van der Waals surface area contributed by atoms with E-state index in [1.165, 1.54) is 23.1 Å². The van der Waals surface area contributed by atoms with Gasteiger partial charge >= 0.3 is 0 Å². The molecule has 0 spiro atoms. The molecule has 1 N–H and O–H groups in total. The van der Waals surface area contributed by atoms with E-state index >= 15 is 0 Å². The summed E-state index contributed by atoms with van der Waals surface area (Å²) in [6.07, 6.45) is 1.95. The Morgan fingerprint density at radius 3 is 3.15 bits per heavy atom. The van der Waals surface area contributed by atoms with Gasteiger partial charge < -0.3 is 15.0 Å². The minimum Gasteiger partial charge on any atom is -0.497 e. The zero-order valence-electron chi connectivity index (χ0n) is 14.2. The molecule has 0 saturated carbocycles. The fraction of sp³-hybridized carbons (Fsp3) is 0.294. The Bertz CT molecular complexity index is 824. The van der Waals surface area contributed by atoms with E-state index in [9.17, 15) is 9.59 Å². The summed E-state index contributed by atoms with van der Waals surface area (Å²) in [7, 11) is 1.57. The van der Waals surface area contributed by atoms with Crippen molar-refractivity contribution in [1.29, 1.82) is 0 Å². The molecule has 26 heavy (non-hydrogen) atoms. The lowest BCUT2D eigenvalue weighted by molar-refractivity contribution is -0.122. The van der Waals surface area contributed by atoms with E-state index in [1.807, 2.05) is 18.2 Å². The van der Waals surface area contributed by atoms with Crippen LogP contribution in [0.2, 0.25) is 0 Å². The van der Waals surface area contributed by atoms with E-state index in [4.69, 9.17) is 4.74 Å². The third-order valence-electron chi connectivity index (χ3n) is 3.82. The van der Waals surface area contributed by atoms with E-state index in [1.54, 1.807) is 24.2 Å². The van der Waals surface area contributed by atoms with Gasteiger partial charge in [0.25, 0.3) is 0 Å². The van der Waals surface area contributed by atoms with E-state index in [-0.39, 0.29) is 18.2 Å². The third-order valence-corrected chi connectivity index (χ3v) is 5.79. The van der Waals surface area contributed by atoms with Gasteiger partial charge in [-0.3, -0.25) is 9.59 Å². The number of thioether (sulfide) groups is 1. The van der Waals surface area contributed by atoms with Gasteiger partial charge in [-0.15, -0.1) is 16.8 Å². The van der Waals surface area contributed by atoms with Gasteiger partial charge in [-0.25, -0.2) is 0 Å². The number of methoxy groups -OCH3 is 1. The molecule has 3 rings (SSSR count). The lowest BCUT2D eigenvalue weighted by Crippen LogP contribution is -2.28. The fourth-order valence-electron chi connectivity index (χ4n) is 2.57. The average molecular weight is 390 g/mol. The van der Waals surface area contributed by atoms with Crippen molar-refractivity contribution in [1.82, 2.24) is 10.2 Å². The molecule has 2 amide bonds. The smallest absolute Gasteiger partial charge is 0.231 e. The van der Waals surface area contributed by atoms with Gasteiger partial charge in [0.15, 0.2) is 4.34 Å². The van der Waals surface area contributed by atoms with Crippen LogP contribution in [0.4, 0.5) is 10.8 Å². The van der Waals surface area contributed by atoms with Gasteiger partial charge in [-0.2, -0.15) is 0 Å². The second-order valence-electron chi connectivity index (χ2n) is 5.57. The van der Waals surface area contributed by atoms with Crippen LogP contribution >= 0.6 is 23.1 Å². The first-order valence-electron chi connectivity index (χ1n) is 7.93. The standard InChI is InChI=1S/C17H18N4O3S2/c1-3-7-25-17-20-19-16(26-17)18-15(23)11-8-14(22)21(10-11)12-5-4-6-13(9-12)24-2/h3-6,9,11H,1,7-8,10H2,2H3,(H,18,19,23)/t11-/m0/s1. The first kappa shape index (κ1) is 18.4.